The highest BCUT2D eigenvalue weighted by Gasteiger charge is 2.08. The third-order valence-electron chi connectivity index (χ3n) is 3.72. The highest BCUT2D eigenvalue weighted by atomic mass is 32.2. The van der Waals surface area contributed by atoms with Crippen molar-refractivity contribution in [2.75, 3.05) is 17.5 Å². The molecule has 0 radical (unpaired) electrons. The lowest BCUT2D eigenvalue weighted by Crippen LogP contribution is -2.37. The van der Waals surface area contributed by atoms with E-state index in [4.69, 9.17) is 0 Å². The summed E-state index contributed by atoms with van der Waals surface area (Å²) < 4.78 is 25.2. The van der Waals surface area contributed by atoms with Crippen molar-refractivity contribution in [1.82, 2.24) is 16.0 Å². The summed E-state index contributed by atoms with van der Waals surface area (Å²) in [4.78, 5) is 23.7. The number of anilines is 1. The van der Waals surface area contributed by atoms with Gasteiger partial charge in [0.15, 0.2) is 0 Å². The van der Waals surface area contributed by atoms with E-state index < -0.39 is 16.1 Å². The monoisotopic (exact) mass is 404 g/mol. The molecule has 0 spiro atoms. The molecule has 0 aromatic heterocycles. The predicted molar refractivity (Wildman–Crippen MR) is 108 cm³/mol. The summed E-state index contributed by atoms with van der Waals surface area (Å²) in [5.41, 5.74) is 2.04. The van der Waals surface area contributed by atoms with Gasteiger partial charge in [0.05, 0.1) is 11.9 Å². The maximum Gasteiger partial charge on any atom is 0.315 e. The van der Waals surface area contributed by atoms with Crippen LogP contribution in [0.5, 0.6) is 0 Å². The third-order valence-corrected chi connectivity index (χ3v) is 4.31. The van der Waals surface area contributed by atoms with Crippen LogP contribution < -0.4 is 20.7 Å². The van der Waals surface area contributed by atoms with Gasteiger partial charge in [0.2, 0.25) is 15.9 Å². The summed E-state index contributed by atoms with van der Waals surface area (Å²) in [6, 6.07) is 15.9. The minimum atomic E-state index is -3.41. The fourth-order valence-corrected chi connectivity index (χ4v) is 2.98. The topological polar surface area (TPSA) is 116 Å². The summed E-state index contributed by atoms with van der Waals surface area (Å²) in [5, 5.41) is 8.02. The van der Waals surface area contributed by atoms with Crippen molar-refractivity contribution in [3.05, 3.63) is 65.7 Å². The molecular weight excluding hydrogens is 380 g/mol. The smallest absolute Gasteiger partial charge is 0.315 e. The van der Waals surface area contributed by atoms with E-state index in [0.717, 1.165) is 11.8 Å². The van der Waals surface area contributed by atoms with Gasteiger partial charge in [-0.3, -0.25) is 9.52 Å². The lowest BCUT2D eigenvalue weighted by Gasteiger charge is -2.12. The Labute approximate surface area is 164 Å². The first-order valence-electron chi connectivity index (χ1n) is 8.71. The van der Waals surface area contributed by atoms with Crippen molar-refractivity contribution in [1.29, 1.82) is 0 Å². The first kappa shape index (κ1) is 21.2. The SMILES string of the molecule is CS(=O)(=O)Nc1ccccc1CNC(=O)NCCC(=O)NCc1ccccc1. The molecule has 0 unspecified atom stereocenters. The van der Waals surface area contributed by atoms with Crippen LogP contribution in [0.2, 0.25) is 0 Å². The zero-order valence-corrected chi connectivity index (χ0v) is 16.4. The lowest BCUT2D eigenvalue weighted by molar-refractivity contribution is -0.121. The van der Waals surface area contributed by atoms with Crippen LogP contribution in [0.4, 0.5) is 10.5 Å². The molecule has 0 heterocycles. The predicted octanol–water partition coefficient (Wildman–Crippen LogP) is 1.56. The molecule has 9 heteroatoms. The second-order valence-electron chi connectivity index (χ2n) is 6.15. The Balaban J connectivity index is 1.70. The van der Waals surface area contributed by atoms with Gasteiger partial charge < -0.3 is 16.0 Å². The van der Waals surface area contributed by atoms with Crippen LogP contribution in [0.25, 0.3) is 0 Å². The number of hydrogen-bond acceptors (Lipinski definition) is 4. The van der Waals surface area contributed by atoms with Crippen LogP contribution in [-0.4, -0.2) is 33.2 Å². The molecule has 0 aliphatic heterocycles. The summed E-state index contributed by atoms with van der Waals surface area (Å²) in [6.07, 6.45) is 1.22. The van der Waals surface area contributed by atoms with Gasteiger partial charge in [-0.1, -0.05) is 48.5 Å². The molecule has 4 N–H and O–H groups in total. The standard InChI is InChI=1S/C19H24N4O4S/c1-28(26,27)23-17-10-6-5-9-16(17)14-22-19(25)20-12-11-18(24)21-13-15-7-3-2-4-8-15/h2-10,23H,11-14H2,1H3,(H,21,24)(H2,20,22,25). The fourth-order valence-electron chi connectivity index (χ4n) is 2.39. The third kappa shape index (κ3) is 8.09. The molecule has 0 aliphatic carbocycles. The van der Waals surface area contributed by atoms with Gasteiger partial charge in [0.1, 0.15) is 0 Å². The molecular formula is C19H24N4O4S. The molecule has 2 rings (SSSR count). The fraction of sp³-hybridized carbons (Fsp3) is 0.263. The van der Waals surface area contributed by atoms with Gasteiger partial charge in [-0.2, -0.15) is 0 Å². The molecule has 0 atom stereocenters. The Morgan fingerprint density at radius 2 is 1.54 bits per heavy atom. The van der Waals surface area contributed by atoms with Gasteiger partial charge in [-0.25, -0.2) is 13.2 Å². The molecule has 0 saturated heterocycles. The quantitative estimate of drug-likeness (QED) is 0.507. The van der Waals surface area contributed by atoms with Crippen molar-refractivity contribution in [2.24, 2.45) is 0 Å². The Bertz CT molecular complexity index is 901. The summed E-state index contributed by atoms with van der Waals surface area (Å²) in [7, 11) is -3.41. The van der Waals surface area contributed by atoms with E-state index in [1.54, 1.807) is 24.3 Å². The minimum absolute atomic E-state index is 0.144. The number of urea groups is 1. The van der Waals surface area contributed by atoms with E-state index in [-0.39, 0.29) is 25.4 Å². The molecule has 3 amide bonds. The van der Waals surface area contributed by atoms with E-state index >= 15 is 0 Å². The highest BCUT2D eigenvalue weighted by Crippen LogP contribution is 2.15. The number of amides is 3. The molecule has 0 bridgehead atoms. The Morgan fingerprint density at radius 1 is 0.857 bits per heavy atom. The maximum absolute atomic E-state index is 11.9. The first-order chi connectivity index (χ1) is 13.3. The second-order valence-corrected chi connectivity index (χ2v) is 7.90. The maximum atomic E-state index is 11.9. The highest BCUT2D eigenvalue weighted by molar-refractivity contribution is 7.92. The van der Waals surface area contributed by atoms with Crippen molar-refractivity contribution >= 4 is 27.6 Å². The van der Waals surface area contributed by atoms with Crippen molar-refractivity contribution in [3.63, 3.8) is 0 Å². The van der Waals surface area contributed by atoms with Crippen LogP contribution in [0.3, 0.4) is 0 Å². The van der Waals surface area contributed by atoms with Gasteiger partial charge in [0, 0.05) is 26.1 Å². The molecule has 8 nitrogen and oxygen atoms in total. The summed E-state index contributed by atoms with van der Waals surface area (Å²) in [6.45, 7) is 0.774. The Kier molecular flexibility index (Phi) is 7.82. The lowest BCUT2D eigenvalue weighted by atomic mass is 10.2. The molecule has 150 valence electrons. The summed E-state index contributed by atoms with van der Waals surface area (Å²) >= 11 is 0. The zero-order chi connectivity index (χ0) is 20.4. The van der Waals surface area contributed by atoms with E-state index in [0.29, 0.717) is 17.8 Å². The van der Waals surface area contributed by atoms with Gasteiger partial charge in [0.25, 0.3) is 0 Å². The van der Waals surface area contributed by atoms with E-state index in [2.05, 4.69) is 20.7 Å². The van der Waals surface area contributed by atoms with Crippen LogP contribution in [0.1, 0.15) is 17.5 Å². The van der Waals surface area contributed by atoms with Crippen LogP contribution in [-0.2, 0) is 27.9 Å². The number of hydrogen-bond donors (Lipinski definition) is 4. The molecule has 2 aromatic rings. The van der Waals surface area contributed by atoms with Crippen molar-refractivity contribution in [3.8, 4) is 0 Å². The van der Waals surface area contributed by atoms with E-state index in [1.165, 1.54) is 0 Å². The molecule has 0 aliphatic rings. The van der Waals surface area contributed by atoms with Crippen molar-refractivity contribution in [2.45, 2.75) is 19.5 Å². The normalized spacial score (nSPS) is 10.8. The van der Waals surface area contributed by atoms with Crippen LogP contribution in [0.15, 0.2) is 54.6 Å². The average Bonchev–Trinajstić information content (AvgIpc) is 2.65. The van der Waals surface area contributed by atoms with Crippen LogP contribution in [0, 0.1) is 0 Å². The minimum Gasteiger partial charge on any atom is -0.352 e. The molecule has 2 aromatic carbocycles. The molecule has 0 saturated carbocycles. The van der Waals surface area contributed by atoms with Gasteiger partial charge >= 0.3 is 6.03 Å². The Morgan fingerprint density at radius 3 is 2.25 bits per heavy atom. The van der Waals surface area contributed by atoms with Crippen LogP contribution >= 0.6 is 0 Å². The zero-order valence-electron chi connectivity index (χ0n) is 15.6. The van der Waals surface area contributed by atoms with Gasteiger partial charge in [-0.05, 0) is 17.2 Å². The number of para-hydroxylation sites is 1. The van der Waals surface area contributed by atoms with Crippen molar-refractivity contribution < 1.29 is 18.0 Å². The largest absolute Gasteiger partial charge is 0.352 e. The second kappa shape index (κ2) is 10.3. The molecule has 0 fully saturated rings. The van der Waals surface area contributed by atoms with Gasteiger partial charge in [-0.15, -0.1) is 0 Å². The van der Waals surface area contributed by atoms with E-state index in [9.17, 15) is 18.0 Å². The number of sulfonamides is 1. The number of carbonyl (C=O) groups is 2. The first-order valence-corrected chi connectivity index (χ1v) is 10.6. The number of rotatable bonds is 9. The number of carbonyl (C=O) groups excluding carboxylic acids is 2. The number of nitrogens with one attached hydrogen (secondary N) is 4. The number of benzene rings is 2. The molecule has 28 heavy (non-hydrogen) atoms. The summed E-state index contributed by atoms with van der Waals surface area (Å²) in [5.74, 6) is -0.160. The Hall–Kier alpha value is -3.07. The average molecular weight is 404 g/mol. The van der Waals surface area contributed by atoms with E-state index in [1.807, 2.05) is 30.3 Å².